The van der Waals surface area contributed by atoms with Gasteiger partial charge in [0.15, 0.2) is 5.69 Å². The van der Waals surface area contributed by atoms with E-state index in [0.717, 1.165) is 30.9 Å². The van der Waals surface area contributed by atoms with Gasteiger partial charge in [0.2, 0.25) is 0 Å². The third kappa shape index (κ3) is 4.09. The first-order valence-corrected chi connectivity index (χ1v) is 8.76. The van der Waals surface area contributed by atoms with Crippen molar-refractivity contribution in [3.8, 4) is 0 Å². The molecule has 1 aliphatic carbocycles. The summed E-state index contributed by atoms with van der Waals surface area (Å²) in [4.78, 5) is 20.9. The Hall–Kier alpha value is -1.30. The van der Waals surface area contributed by atoms with Crippen LogP contribution < -0.4 is 11.1 Å². The van der Waals surface area contributed by atoms with Gasteiger partial charge in [0, 0.05) is 17.2 Å². The standard InChI is InChI=1S/C15H24N4OS/c1-9(2)14-17-8-12(16)13(19-14)15(20)18-10-4-6-11(21-3)7-5-10/h8-11H,4-7,16H2,1-3H3,(H,18,20). The first-order valence-electron chi connectivity index (χ1n) is 7.47. The summed E-state index contributed by atoms with van der Waals surface area (Å²) in [5.74, 6) is 0.652. The maximum atomic E-state index is 12.4. The Morgan fingerprint density at radius 3 is 2.62 bits per heavy atom. The summed E-state index contributed by atoms with van der Waals surface area (Å²) in [5.41, 5.74) is 6.50. The second kappa shape index (κ2) is 7.11. The minimum Gasteiger partial charge on any atom is -0.396 e. The number of rotatable bonds is 4. The Balaban J connectivity index is 2.02. The lowest BCUT2D eigenvalue weighted by Gasteiger charge is -2.28. The van der Waals surface area contributed by atoms with Crippen LogP contribution in [0.25, 0.3) is 0 Å². The summed E-state index contributed by atoms with van der Waals surface area (Å²) < 4.78 is 0. The highest BCUT2D eigenvalue weighted by molar-refractivity contribution is 7.99. The number of hydrogen-bond acceptors (Lipinski definition) is 5. The van der Waals surface area contributed by atoms with Gasteiger partial charge in [-0.2, -0.15) is 11.8 Å². The molecule has 21 heavy (non-hydrogen) atoms. The molecule has 1 aromatic heterocycles. The highest BCUT2D eigenvalue weighted by atomic mass is 32.2. The Bertz CT molecular complexity index is 498. The molecule has 5 nitrogen and oxygen atoms in total. The summed E-state index contributed by atoms with van der Waals surface area (Å²) in [6, 6.07) is 0.234. The topological polar surface area (TPSA) is 80.9 Å². The predicted molar refractivity (Wildman–Crippen MR) is 87.6 cm³/mol. The lowest BCUT2D eigenvalue weighted by Crippen LogP contribution is -2.39. The lowest BCUT2D eigenvalue weighted by molar-refractivity contribution is 0.0923. The zero-order valence-electron chi connectivity index (χ0n) is 12.9. The zero-order chi connectivity index (χ0) is 15.4. The first-order chi connectivity index (χ1) is 10.0. The Kier molecular flexibility index (Phi) is 5.45. The van der Waals surface area contributed by atoms with E-state index in [4.69, 9.17) is 5.73 Å². The number of nitrogens with two attached hydrogens (primary N) is 1. The number of hydrogen-bond donors (Lipinski definition) is 2. The average molecular weight is 308 g/mol. The van der Waals surface area contributed by atoms with Crippen LogP contribution in [0, 0.1) is 0 Å². The molecule has 0 radical (unpaired) electrons. The number of aromatic nitrogens is 2. The van der Waals surface area contributed by atoms with Crippen molar-refractivity contribution in [2.75, 3.05) is 12.0 Å². The molecule has 0 saturated heterocycles. The second-order valence-electron chi connectivity index (χ2n) is 5.87. The molecule has 1 heterocycles. The number of nitrogens with zero attached hydrogens (tertiary/aromatic N) is 2. The van der Waals surface area contributed by atoms with Gasteiger partial charge in [0.05, 0.1) is 11.9 Å². The highest BCUT2D eigenvalue weighted by Gasteiger charge is 2.23. The minimum absolute atomic E-state index is 0.175. The van der Waals surface area contributed by atoms with Gasteiger partial charge in [-0.05, 0) is 31.9 Å². The van der Waals surface area contributed by atoms with Crippen LogP contribution in [0.3, 0.4) is 0 Å². The van der Waals surface area contributed by atoms with Crippen LogP contribution in [0.4, 0.5) is 5.69 Å². The van der Waals surface area contributed by atoms with Crippen molar-refractivity contribution in [3.05, 3.63) is 17.7 Å². The third-order valence-electron chi connectivity index (χ3n) is 3.91. The zero-order valence-corrected chi connectivity index (χ0v) is 13.7. The van der Waals surface area contributed by atoms with Gasteiger partial charge >= 0.3 is 0 Å². The maximum absolute atomic E-state index is 12.4. The maximum Gasteiger partial charge on any atom is 0.272 e. The van der Waals surface area contributed by atoms with Crippen LogP contribution in [0.15, 0.2) is 6.20 Å². The van der Waals surface area contributed by atoms with Crippen LogP contribution in [-0.2, 0) is 0 Å². The molecule has 1 aromatic rings. The van der Waals surface area contributed by atoms with Crippen LogP contribution >= 0.6 is 11.8 Å². The fourth-order valence-corrected chi connectivity index (χ4v) is 3.31. The molecule has 1 amide bonds. The minimum atomic E-state index is -0.176. The molecule has 0 spiro atoms. The van der Waals surface area contributed by atoms with Crippen LogP contribution in [-0.4, -0.2) is 33.4 Å². The van der Waals surface area contributed by atoms with Crippen molar-refractivity contribution >= 4 is 23.4 Å². The summed E-state index contributed by atoms with van der Waals surface area (Å²) in [6.45, 7) is 3.99. The smallest absolute Gasteiger partial charge is 0.272 e. The third-order valence-corrected chi connectivity index (χ3v) is 5.05. The van der Waals surface area contributed by atoms with Gasteiger partial charge < -0.3 is 11.1 Å². The van der Waals surface area contributed by atoms with Gasteiger partial charge in [-0.1, -0.05) is 13.8 Å². The number of thioether (sulfide) groups is 1. The monoisotopic (exact) mass is 308 g/mol. The molecule has 1 aliphatic rings. The summed E-state index contributed by atoms with van der Waals surface area (Å²) in [6.07, 6.45) is 8.05. The van der Waals surface area contributed by atoms with E-state index in [0.29, 0.717) is 17.2 Å². The predicted octanol–water partition coefficient (Wildman–Crippen LogP) is 2.59. The van der Waals surface area contributed by atoms with Crippen molar-refractivity contribution in [2.45, 2.75) is 56.7 Å². The molecule has 3 N–H and O–H groups in total. The first kappa shape index (κ1) is 16.1. The van der Waals surface area contributed by atoms with E-state index in [1.54, 1.807) is 0 Å². The van der Waals surface area contributed by atoms with Gasteiger partial charge in [-0.3, -0.25) is 4.79 Å². The van der Waals surface area contributed by atoms with Gasteiger partial charge in [0.25, 0.3) is 5.91 Å². The molecule has 0 bridgehead atoms. The van der Waals surface area contributed by atoms with E-state index >= 15 is 0 Å². The molecule has 2 rings (SSSR count). The molecule has 0 aromatic carbocycles. The highest BCUT2D eigenvalue weighted by Crippen LogP contribution is 2.27. The van der Waals surface area contributed by atoms with E-state index in [1.165, 1.54) is 6.20 Å². The summed E-state index contributed by atoms with van der Waals surface area (Å²) in [7, 11) is 0. The summed E-state index contributed by atoms with van der Waals surface area (Å²) in [5, 5.41) is 3.80. The number of nitrogen functional groups attached to an aromatic ring is 1. The number of anilines is 1. The van der Waals surface area contributed by atoms with E-state index < -0.39 is 0 Å². The Morgan fingerprint density at radius 1 is 1.38 bits per heavy atom. The molecule has 0 aliphatic heterocycles. The SMILES string of the molecule is CSC1CCC(NC(=O)c2nc(C(C)C)ncc2N)CC1. The Morgan fingerprint density at radius 2 is 2.05 bits per heavy atom. The molecule has 1 saturated carbocycles. The van der Waals surface area contributed by atoms with E-state index in [-0.39, 0.29) is 17.9 Å². The second-order valence-corrected chi connectivity index (χ2v) is 7.01. The molecule has 116 valence electrons. The molecule has 6 heteroatoms. The van der Waals surface area contributed by atoms with Crippen molar-refractivity contribution < 1.29 is 4.79 Å². The van der Waals surface area contributed by atoms with E-state index in [2.05, 4.69) is 21.5 Å². The van der Waals surface area contributed by atoms with Crippen LogP contribution in [0.2, 0.25) is 0 Å². The largest absolute Gasteiger partial charge is 0.396 e. The van der Waals surface area contributed by atoms with Crippen LogP contribution in [0.1, 0.15) is 61.8 Å². The van der Waals surface area contributed by atoms with Crippen molar-refractivity contribution in [3.63, 3.8) is 0 Å². The number of carbonyl (C=O) groups is 1. The molecular weight excluding hydrogens is 284 g/mol. The van der Waals surface area contributed by atoms with Crippen molar-refractivity contribution in [1.82, 2.24) is 15.3 Å². The Labute approximate surface area is 130 Å². The molecule has 0 atom stereocenters. The fraction of sp³-hybridized carbons (Fsp3) is 0.667. The van der Waals surface area contributed by atoms with Crippen LogP contribution in [0.5, 0.6) is 0 Å². The van der Waals surface area contributed by atoms with Gasteiger partial charge in [-0.25, -0.2) is 9.97 Å². The van der Waals surface area contributed by atoms with Gasteiger partial charge in [0.1, 0.15) is 5.82 Å². The average Bonchev–Trinajstić information content (AvgIpc) is 2.48. The van der Waals surface area contributed by atoms with E-state index in [9.17, 15) is 4.79 Å². The number of carbonyl (C=O) groups excluding carboxylic acids is 1. The van der Waals surface area contributed by atoms with E-state index in [1.807, 2.05) is 25.6 Å². The molecule has 0 unspecified atom stereocenters. The fourth-order valence-electron chi connectivity index (χ4n) is 2.56. The lowest BCUT2D eigenvalue weighted by atomic mass is 9.95. The summed E-state index contributed by atoms with van der Waals surface area (Å²) >= 11 is 1.92. The number of nitrogens with one attached hydrogen (secondary N) is 1. The van der Waals surface area contributed by atoms with Crippen molar-refractivity contribution in [2.24, 2.45) is 0 Å². The number of amides is 1. The van der Waals surface area contributed by atoms with Crippen molar-refractivity contribution in [1.29, 1.82) is 0 Å². The normalized spacial score (nSPS) is 22.3. The molecular formula is C15H24N4OS. The quantitative estimate of drug-likeness (QED) is 0.893. The molecule has 1 fully saturated rings. The van der Waals surface area contributed by atoms with Gasteiger partial charge in [-0.15, -0.1) is 0 Å².